The van der Waals surface area contributed by atoms with Crippen molar-refractivity contribution in [2.24, 2.45) is 5.41 Å². The Balaban J connectivity index is 2.00. The number of aromatic nitrogens is 3. The van der Waals surface area contributed by atoms with Gasteiger partial charge in [-0.3, -0.25) is 0 Å². The van der Waals surface area contributed by atoms with Gasteiger partial charge in [-0.1, -0.05) is 37.3 Å². The maximum atomic E-state index is 9.65. The zero-order chi connectivity index (χ0) is 15.6. The van der Waals surface area contributed by atoms with Gasteiger partial charge in [0.1, 0.15) is 5.69 Å². The standard InChI is InChI=1S/C16H21N5O/c1-16(11-22)8-5-9-21(10-16)14-13(18-15(17)20-19-14)12-6-3-2-4-7-12/h2-4,6-7,22H,5,8-11H2,1H3,(H2,17,18,20). The predicted octanol–water partition coefficient (Wildman–Crippen LogP) is 1.72. The van der Waals surface area contributed by atoms with Crippen molar-refractivity contribution in [2.75, 3.05) is 30.3 Å². The molecule has 1 fully saturated rings. The first kappa shape index (κ1) is 14.7. The molecule has 2 aromatic rings. The summed E-state index contributed by atoms with van der Waals surface area (Å²) in [7, 11) is 0. The van der Waals surface area contributed by atoms with Crippen molar-refractivity contribution in [3.8, 4) is 11.3 Å². The van der Waals surface area contributed by atoms with Crippen LogP contribution in [0.5, 0.6) is 0 Å². The summed E-state index contributed by atoms with van der Waals surface area (Å²) in [4.78, 5) is 6.55. The fourth-order valence-electron chi connectivity index (χ4n) is 2.96. The summed E-state index contributed by atoms with van der Waals surface area (Å²) in [6.07, 6.45) is 2.02. The maximum Gasteiger partial charge on any atom is 0.240 e. The fraction of sp³-hybridized carbons (Fsp3) is 0.438. The van der Waals surface area contributed by atoms with E-state index in [0.29, 0.717) is 0 Å². The van der Waals surface area contributed by atoms with Gasteiger partial charge in [0.25, 0.3) is 0 Å². The van der Waals surface area contributed by atoms with E-state index in [1.807, 2.05) is 30.3 Å². The highest BCUT2D eigenvalue weighted by atomic mass is 16.3. The van der Waals surface area contributed by atoms with Crippen molar-refractivity contribution in [3.63, 3.8) is 0 Å². The largest absolute Gasteiger partial charge is 0.396 e. The molecule has 1 aromatic carbocycles. The van der Waals surface area contributed by atoms with Crippen LogP contribution in [0.1, 0.15) is 19.8 Å². The molecule has 1 aliphatic rings. The van der Waals surface area contributed by atoms with Crippen LogP contribution < -0.4 is 10.6 Å². The number of nitrogens with zero attached hydrogens (tertiary/aromatic N) is 4. The lowest BCUT2D eigenvalue weighted by molar-refractivity contribution is 0.123. The first-order valence-electron chi connectivity index (χ1n) is 7.53. The molecule has 0 aliphatic carbocycles. The number of anilines is 2. The van der Waals surface area contributed by atoms with E-state index in [2.05, 4.69) is 27.0 Å². The molecule has 3 N–H and O–H groups in total. The average molecular weight is 299 g/mol. The summed E-state index contributed by atoms with van der Waals surface area (Å²) in [5.74, 6) is 0.907. The van der Waals surface area contributed by atoms with Gasteiger partial charge < -0.3 is 15.7 Å². The van der Waals surface area contributed by atoms with Gasteiger partial charge >= 0.3 is 0 Å². The van der Waals surface area contributed by atoms with Gasteiger partial charge in [-0.25, -0.2) is 4.98 Å². The van der Waals surface area contributed by atoms with Gasteiger partial charge in [-0.15, -0.1) is 10.2 Å². The van der Waals surface area contributed by atoms with Crippen molar-refractivity contribution in [1.82, 2.24) is 15.2 Å². The lowest BCUT2D eigenvalue weighted by Crippen LogP contribution is -2.44. The Morgan fingerprint density at radius 2 is 2.05 bits per heavy atom. The van der Waals surface area contributed by atoms with E-state index < -0.39 is 0 Å². The molecule has 0 spiro atoms. The zero-order valence-corrected chi connectivity index (χ0v) is 12.7. The highest BCUT2D eigenvalue weighted by Crippen LogP contribution is 2.34. The molecule has 6 nitrogen and oxygen atoms in total. The van der Waals surface area contributed by atoms with Crippen molar-refractivity contribution < 1.29 is 5.11 Å². The molecule has 1 saturated heterocycles. The van der Waals surface area contributed by atoms with E-state index in [1.165, 1.54) is 0 Å². The van der Waals surface area contributed by atoms with Crippen LogP contribution in [0.4, 0.5) is 11.8 Å². The maximum absolute atomic E-state index is 9.65. The smallest absolute Gasteiger partial charge is 0.240 e. The van der Waals surface area contributed by atoms with Crippen LogP contribution >= 0.6 is 0 Å². The fourth-order valence-corrected chi connectivity index (χ4v) is 2.96. The molecule has 6 heteroatoms. The summed E-state index contributed by atoms with van der Waals surface area (Å²) < 4.78 is 0. The molecule has 0 saturated carbocycles. The summed E-state index contributed by atoms with van der Waals surface area (Å²) in [6, 6.07) is 9.87. The molecule has 0 radical (unpaired) electrons. The predicted molar refractivity (Wildman–Crippen MR) is 86.3 cm³/mol. The van der Waals surface area contributed by atoms with E-state index in [1.54, 1.807) is 0 Å². The Morgan fingerprint density at radius 1 is 1.27 bits per heavy atom. The Labute approximate surface area is 130 Å². The van der Waals surface area contributed by atoms with Crippen molar-refractivity contribution in [1.29, 1.82) is 0 Å². The van der Waals surface area contributed by atoms with E-state index in [0.717, 1.165) is 43.0 Å². The normalized spacial score (nSPS) is 21.8. The third kappa shape index (κ3) is 2.87. The number of nitrogen functional groups attached to an aromatic ring is 1. The third-order valence-electron chi connectivity index (χ3n) is 4.19. The van der Waals surface area contributed by atoms with E-state index >= 15 is 0 Å². The first-order valence-corrected chi connectivity index (χ1v) is 7.53. The summed E-state index contributed by atoms with van der Waals surface area (Å²) >= 11 is 0. The lowest BCUT2D eigenvalue weighted by Gasteiger charge is -2.40. The van der Waals surface area contributed by atoms with Gasteiger partial charge in [-0.2, -0.15) is 0 Å². The average Bonchev–Trinajstić information content (AvgIpc) is 2.55. The molecule has 1 aliphatic heterocycles. The number of rotatable bonds is 3. The van der Waals surface area contributed by atoms with Crippen molar-refractivity contribution in [3.05, 3.63) is 30.3 Å². The number of benzene rings is 1. The quantitative estimate of drug-likeness (QED) is 0.897. The molecule has 0 bridgehead atoms. The molecule has 1 unspecified atom stereocenters. The SMILES string of the molecule is CC1(CO)CCCN(c2nnc(N)nc2-c2ccccc2)C1. The van der Waals surface area contributed by atoms with Crippen molar-refractivity contribution >= 4 is 11.8 Å². The Kier molecular flexibility index (Phi) is 3.94. The number of aliphatic hydroxyl groups excluding tert-OH is 1. The van der Waals surface area contributed by atoms with Crippen molar-refractivity contribution in [2.45, 2.75) is 19.8 Å². The molecule has 2 heterocycles. The summed E-state index contributed by atoms with van der Waals surface area (Å²) in [5.41, 5.74) is 7.33. The molecule has 0 amide bonds. The second kappa shape index (κ2) is 5.88. The number of piperidine rings is 1. The minimum absolute atomic E-state index is 0.116. The molecule has 1 aromatic heterocycles. The van der Waals surface area contributed by atoms with Gasteiger partial charge in [0.05, 0.1) is 6.61 Å². The lowest BCUT2D eigenvalue weighted by atomic mass is 9.83. The highest BCUT2D eigenvalue weighted by Gasteiger charge is 2.32. The minimum atomic E-state index is -0.116. The van der Waals surface area contributed by atoms with Gasteiger partial charge in [0.2, 0.25) is 5.95 Å². The van der Waals surface area contributed by atoms with Crippen LogP contribution in [0.2, 0.25) is 0 Å². The monoisotopic (exact) mass is 299 g/mol. The summed E-state index contributed by atoms with van der Waals surface area (Å²) in [6.45, 7) is 3.89. The second-order valence-electron chi connectivity index (χ2n) is 6.20. The van der Waals surface area contributed by atoms with Crippen LogP contribution in [-0.4, -0.2) is 40.0 Å². The Morgan fingerprint density at radius 3 is 2.77 bits per heavy atom. The minimum Gasteiger partial charge on any atom is -0.396 e. The topological polar surface area (TPSA) is 88.2 Å². The number of nitrogens with two attached hydrogens (primary N) is 1. The van der Waals surface area contributed by atoms with Crippen LogP contribution in [0, 0.1) is 5.41 Å². The Hall–Kier alpha value is -2.21. The van der Waals surface area contributed by atoms with Crippen LogP contribution in [0.25, 0.3) is 11.3 Å². The molecular weight excluding hydrogens is 278 g/mol. The van der Waals surface area contributed by atoms with Crippen LogP contribution in [-0.2, 0) is 0 Å². The zero-order valence-electron chi connectivity index (χ0n) is 12.7. The molecule has 1 atom stereocenters. The van der Waals surface area contributed by atoms with E-state index in [9.17, 15) is 5.11 Å². The third-order valence-corrected chi connectivity index (χ3v) is 4.19. The Bertz CT molecular complexity index is 648. The summed E-state index contributed by atoms with van der Waals surface area (Å²) in [5, 5.41) is 17.9. The van der Waals surface area contributed by atoms with Gasteiger partial charge in [0.15, 0.2) is 5.82 Å². The first-order chi connectivity index (χ1) is 10.6. The van der Waals surface area contributed by atoms with Crippen LogP contribution in [0.15, 0.2) is 30.3 Å². The molecule has 116 valence electrons. The molecule has 22 heavy (non-hydrogen) atoms. The number of hydrogen-bond acceptors (Lipinski definition) is 6. The molecule has 3 rings (SSSR count). The van der Waals surface area contributed by atoms with E-state index in [4.69, 9.17) is 5.73 Å². The highest BCUT2D eigenvalue weighted by molar-refractivity contribution is 5.72. The van der Waals surface area contributed by atoms with Gasteiger partial charge in [0, 0.05) is 24.1 Å². The van der Waals surface area contributed by atoms with E-state index in [-0.39, 0.29) is 18.0 Å². The van der Waals surface area contributed by atoms with Crippen LogP contribution in [0.3, 0.4) is 0 Å². The number of aliphatic hydroxyl groups is 1. The number of hydrogen-bond donors (Lipinski definition) is 2. The second-order valence-corrected chi connectivity index (χ2v) is 6.20. The molecular formula is C16H21N5O. The van der Waals surface area contributed by atoms with Gasteiger partial charge in [-0.05, 0) is 12.8 Å².